The van der Waals surface area contributed by atoms with Gasteiger partial charge in [0.25, 0.3) is 0 Å². The lowest BCUT2D eigenvalue weighted by Gasteiger charge is -2.11. The van der Waals surface area contributed by atoms with Crippen LogP contribution in [0.15, 0.2) is 0 Å². The van der Waals surface area contributed by atoms with Gasteiger partial charge in [0, 0.05) is 0 Å². The van der Waals surface area contributed by atoms with Crippen LogP contribution in [0.5, 0.6) is 0 Å². The highest BCUT2D eigenvalue weighted by Gasteiger charge is 2.11. The zero-order valence-corrected chi connectivity index (χ0v) is 8.38. The summed E-state index contributed by atoms with van der Waals surface area (Å²) in [6.45, 7) is 0. The molecule has 0 aliphatic heterocycles. The minimum atomic E-state index is 1.34. The van der Waals surface area contributed by atoms with E-state index in [0.29, 0.717) is 0 Å². The summed E-state index contributed by atoms with van der Waals surface area (Å²) in [6.07, 6.45) is 12.3. The summed E-state index contributed by atoms with van der Waals surface area (Å²) >= 11 is 1.98. The van der Waals surface area contributed by atoms with E-state index in [-0.39, 0.29) is 0 Å². The van der Waals surface area contributed by atoms with Crippen LogP contribution in [0.2, 0.25) is 0 Å². The Labute approximate surface area is 75.1 Å². The van der Waals surface area contributed by atoms with Crippen molar-refractivity contribution in [2.75, 3.05) is 12.0 Å². The summed E-state index contributed by atoms with van der Waals surface area (Å²) in [5.41, 5.74) is 0. The highest BCUT2D eigenvalue weighted by atomic mass is 32.2. The molecule has 0 bridgehead atoms. The van der Waals surface area contributed by atoms with Gasteiger partial charge in [-0.25, -0.2) is 0 Å². The van der Waals surface area contributed by atoms with Crippen LogP contribution in [-0.4, -0.2) is 12.0 Å². The summed E-state index contributed by atoms with van der Waals surface area (Å²) in [7, 11) is 0. The van der Waals surface area contributed by atoms with E-state index in [9.17, 15) is 0 Å². The summed E-state index contributed by atoms with van der Waals surface area (Å²) < 4.78 is 0. The third kappa shape index (κ3) is 4.05. The standard InChI is InChI=1S/C10H19S/c1-11-9-8-10-6-4-2-3-5-7-10/h2-9H2,1H3. The molecule has 1 aliphatic carbocycles. The minimum absolute atomic E-state index is 1.34. The van der Waals surface area contributed by atoms with E-state index in [2.05, 4.69) is 6.26 Å². The summed E-state index contributed by atoms with van der Waals surface area (Å²) in [5.74, 6) is 3.19. The molecule has 1 rings (SSSR count). The molecule has 1 aliphatic rings. The molecule has 0 heterocycles. The smallest absolute Gasteiger partial charge is 0.00648 e. The van der Waals surface area contributed by atoms with Crippen molar-refractivity contribution in [3.63, 3.8) is 0 Å². The van der Waals surface area contributed by atoms with Gasteiger partial charge in [-0.1, -0.05) is 25.7 Å². The molecule has 0 aromatic heterocycles. The van der Waals surface area contributed by atoms with Gasteiger partial charge in [-0.15, -0.1) is 0 Å². The van der Waals surface area contributed by atoms with Crippen molar-refractivity contribution in [3.8, 4) is 0 Å². The first-order chi connectivity index (χ1) is 5.43. The fourth-order valence-corrected chi connectivity index (χ4v) is 2.22. The Hall–Kier alpha value is 0.350. The Morgan fingerprint density at radius 3 is 2.27 bits per heavy atom. The van der Waals surface area contributed by atoms with E-state index in [4.69, 9.17) is 0 Å². The van der Waals surface area contributed by atoms with Gasteiger partial charge in [-0.2, -0.15) is 11.8 Å². The topological polar surface area (TPSA) is 0 Å². The Bertz CT molecular complexity index is 82.9. The lowest BCUT2D eigenvalue weighted by atomic mass is 9.98. The predicted molar refractivity (Wildman–Crippen MR) is 53.9 cm³/mol. The van der Waals surface area contributed by atoms with Crippen LogP contribution in [0.1, 0.15) is 44.9 Å². The van der Waals surface area contributed by atoms with Gasteiger partial charge in [0.15, 0.2) is 0 Å². The zero-order chi connectivity index (χ0) is 7.94. The van der Waals surface area contributed by atoms with Crippen LogP contribution in [0.25, 0.3) is 0 Å². The van der Waals surface area contributed by atoms with Gasteiger partial charge in [-0.05, 0) is 37.2 Å². The predicted octanol–water partition coefficient (Wildman–Crippen LogP) is 3.67. The van der Waals surface area contributed by atoms with Crippen molar-refractivity contribution < 1.29 is 0 Å². The minimum Gasteiger partial charge on any atom is -0.165 e. The van der Waals surface area contributed by atoms with E-state index in [1.807, 2.05) is 17.7 Å². The Morgan fingerprint density at radius 2 is 1.73 bits per heavy atom. The first-order valence-corrected chi connectivity index (χ1v) is 6.15. The molecule has 0 nitrogen and oxygen atoms in total. The number of hydrogen-bond donors (Lipinski definition) is 0. The number of hydrogen-bond acceptors (Lipinski definition) is 1. The van der Waals surface area contributed by atoms with Crippen LogP contribution >= 0.6 is 11.8 Å². The third-order valence-corrected chi connectivity index (χ3v) is 3.08. The molecule has 0 aromatic carbocycles. The molecule has 0 saturated heterocycles. The quantitative estimate of drug-likeness (QED) is 0.584. The second-order valence-corrected chi connectivity index (χ2v) is 4.39. The van der Waals surface area contributed by atoms with Crippen LogP contribution in [-0.2, 0) is 0 Å². The fourth-order valence-electron chi connectivity index (χ4n) is 1.72. The molecule has 0 amide bonds. The lowest BCUT2D eigenvalue weighted by Crippen LogP contribution is -1.96. The Morgan fingerprint density at radius 1 is 1.09 bits per heavy atom. The average molecular weight is 171 g/mol. The van der Waals surface area contributed by atoms with Gasteiger partial charge in [0.1, 0.15) is 0 Å². The van der Waals surface area contributed by atoms with Crippen LogP contribution in [0, 0.1) is 5.92 Å². The fraction of sp³-hybridized carbons (Fsp3) is 0.900. The molecule has 0 unspecified atom stereocenters. The van der Waals surface area contributed by atoms with Crippen LogP contribution in [0.4, 0.5) is 0 Å². The average Bonchev–Trinajstić information content (AvgIpc) is 2.28. The first kappa shape index (κ1) is 9.44. The van der Waals surface area contributed by atoms with Gasteiger partial charge < -0.3 is 0 Å². The molecule has 0 spiro atoms. The molecule has 0 N–H and O–H groups in total. The second kappa shape index (κ2) is 5.93. The summed E-state index contributed by atoms with van der Waals surface area (Å²) in [4.78, 5) is 0. The maximum Gasteiger partial charge on any atom is -0.00648 e. The normalized spacial score (nSPS) is 21.5. The van der Waals surface area contributed by atoms with E-state index in [0.717, 1.165) is 0 Å². The SMILES string of the molecule is CSCC[C]1CCCCCC1. The van der Waals surface area contributed by atoms with Crippen molar-refractivity contribution in [1.29, 1.82) is 0 Å². The van der Waals surface area contributed by atoms with Crippen LogP contribution in [0.3, 0.4) is 0 Å². The van der Waals surface area contributed by atoms with E-state index < -0.39 is 0 Å². The Kier molecular flexibility index (Phi) is 5.09. The number of thioether (sulfide) groups is 1. The van der Waals surface area contributed by atoms with Crippen molar-refractivity contribution in [3.05, 3.63) is 5.92 Å². The summed E-state index contributed by atoms with van der Waals surface area (Å²) in [6, 6.07) is 0. The second-order valence-electron chi connectivity index (χ2n) is 3.41. The Balaban J connectivity index is 2.09. The molecule has 0 atom stereocenters. The zero-order valence-electron chi connectivity index (χ0n) is 7.57. The molecule has 1 fully saturated rings. The monoisotopic (exact) mass is 171 g/mol. The van der Waals surface area contributed by atoms with Gasteiger partial charge in [0.05, 0.1) is 0 Å². The third-order valence-electron chi connectivity index (χ3n) is 2.47. The molecule has 11 heavy (non-hydrogen) atoms. The maximum absolute atomic E-state index is 2.21. The van der Waals surface area contributed by atoms with Crippen LogP contribution < -0.4 is 0 Å². The molecular weight excluding hydrogens is 152 g/mol. The molecule has 1 radical (unpaired) electrons. The lowest BCUT2D eigenvalue weighted by molar-refractivity contribution is 0.692. The van der Waals surface area contributed by atoms with Gasteiger partial charge in [-0.3, -0.25) is 0 Å². The largest absolute Gasteiger partial charge is 0.165 e. The highest BCUT2D eigenvalue weighted by molar-refractivity contribution is 7.98. The number of rotatable bonds is 3. The maximum atomic E-state index is 2.21. The van der Waals surface area contributed by atoms with E-state index in [1.165, 1.54) is 50.7 Å². The van der Waals surface area contributed by atoms with Crippen molar-refractivity contribution in [2.24, 2.45) is 0 Å². The molecule has 1 heteroatoms. The van der Waals surface area contributed by atoms with Crippen molar-refractivity contribution in [1.82, 2.24) is 0 Å². The van der Waals surface area contributed by atoms with Gasteiger partial charge in [0.2, 0.25) is 0 Å². The molecule has 1 saturated carbocycles. The van der Waals surface area contributed by atoms with Gasteiger partial charge >= 0.3 is 0 Å². The van der Waals surface area contributed by atoms with E-state index >= 15 is 0 Å². The highest BCUT2D eigenvalue weighted by Crippen LogP contribution is 2.27. The summed E-state index contributed by atoms with van der Waals surface area (Å²) in [5, 5.41) is 0. The van der Waals surface area contributed by atoms with Crippen molar-refractivity contribution in [2.45, 2.75) is 44.9 Å². The molecular formula is C10H19S. The van der Waals surface area contributed by atoms with E-state index in [1.54, 1.807) is 0 Å². The molecule has 65 valence electrons. The van der Waals surface area contributed by atoms with Crippen molar-refractivity contribution >= 4 is 11.8 Å². The molecule has 0 aromatic rings. The first-order valence-electron chi connectivity index (χ1n) is 4.76.